The zero-order valence-electron chi connectivity index (χ0n) is 25.2. The van der Waals surface area contributed by atoms with Crippen LogP contribution >= 0.6 is 0 Å². The van der Waals surface area contributed by atoms with E-state index in [1.807, 2.05) is 27.7 Å². The van der Waals surface area contributed by atoms with Crippen LogP contribution in [0.25, 0.3) is 0 Å². The van der Waals surface area contributed by atoms with Crippen LogP contribution in [0.1, 0.15) is 82.5 Å². The highest BCUT2D eigenvalue weighted by molar-refractivity contribution is 5.93. The molecule has 1 fully saturated rings. The fourth-order valence-corrected chi connectivity index (χ4v) is 5.39. The molecule has 0 saturated carbocycles. The summed E-state index contributed by atoms with van der Waals surface area (Å²) >= 11 is 0. The molecule has 4 rings (SSSR count). The first-order valence-corrected chi connectivity index (χ1v) is 14.1. The second kappa shape index (κ2) is 12.2. The average Bonchev–Trinajstić information content (AvgIpc) is 2.91. The van der Waals surface area contributed by atoms with Gasteiger partial charge in [-0.05, 0) is 69.4 Å². The van der Waals surface area contributed by atoms with E-state index in [2.05, 4.69) is 25.2 Å². The lowest BCUT2D eigenvalue weighted by atomic mass is 9.97. The molecule has 43 heavy (non-hydrogen) atoms. The van der Waals surface area contributed by atoms with Gasteiger partial charge in [-0.25, -0.2) is 19.7 Å². The maximum absolute atomic E-state index is 13.7. The van der Waals surface area contributed by atoms with E-state index in [0.717, 1.165) is 17.7 Å². The van der Waals surface area contributed by atoms with Gasteiger partial charge >= 0.3 is 12.1 Å². The van der Waals surface area contributed by atoms with Crippen LogP contribution in [0.15, 0.2) is 36.5 Å². The monoisotopic (exact) mass is 598 g/mol. The minimum absolute atomic E-state index is 0.0370. The van der Waals surface area contributed by atoms with Crippen molar-refractivity contribution in [3.8, 4) is 0 Å². The quantitative estimate of drug-likeness (QED) is 0.339. The van der Waals surface area contributed by atoms with E-state index in [1.54, 1.807) is 24.8 Å². The van der Waals surface area contributed by atoms with E-state index in [1.165, 1.54) is 18.3 Å². The number of carbonyl (C=O) groups excluding carboxylic acids is 1. The topological polar surface area (TPSA) is 112 Å². The maximum Gasteiger partial charge on any atom is 0.416 e. The number of aryl methyl sites for hydroxylation is 2. The fraction of sp³-hybridized carbons (Fsp3) is 0.452. The minimum atomic E-state index is -4.37. The Morgan fingerprint density at radius 2 is 1.77 bits per heavy atom. The number of piperazine rings is 1. The molecule has 0 bridgehead atoms. The van der Waals surface area contributed by atoms with Gasteiger partial charge in [0.05, 0.1) is 34.3 Å². The van der Waals surface area contributed by atoms with Crippen LogP contribution in [0.5, 0.6) is 0 Å². The number of aromatic carboxylic acids is 1. The van der Waals surface area contributed by atoms with Crippen molar-refractivity contribution >= 4 is 23.5 Å². The number of hydrogen-bond donors (Lipinski definition) is 2. The van der Waals surface area contributed by atoms with Crippen LogP contribution in [0.4, 0.5) is 24.8 Å². The maximum atomic E-state index is 13.7. The van der Waals surface area contributed by atoms with Crippen molar-refractivity contribution in [3.63, 3.8) is 0 Å². The van der Waals surface area contributed by atoms with E-state index in [-0.39, 0.29) is 23.1 Å². The molecule has 0 unspecified atom stereocenters. The predicted molar refractivity (Wildman–Crippen MR) is 158 cm³/mol. The summed E-state index contributed by atoms with van der Waals surface area (Å²) in [6, 6.07) is 6.85. The molecule has 2 aromatic heterocycles. The van der Waals surface area contributed by atoms with E-state index in [0.29, 0.717) is 61.2 Å². The van der Waals surface area contributed by atoms with Gasteiger partial charge in [0.25, 0.3) is 5.91 Å². The number of hydrogen-bond acceptors (Lipinski definition) is 7. The Morgan fingerprint density at radius 3 is 2.33 bits per heavy atom. The lowest BCUT2D eigenvalue weighted by Crippen LogP contribution is -2.61. The third kappa shape index (κ3) is 7.06. The van der Waals surface area contributed by atoms with Gasteiger partial charge in [-0.3, -0.25) is 4.79 Å². The lowest BCUT2D eigenvalue weighted by molar-refractivity contribution is -0.137. The molecule has 0 aliphatic carbocycles. The number of halogens is 3. The van der Waals surface area contributed by atoms with Crippen molar-refractivity contribution in [2.24, 2.45) is 0 Å². The van der Waals surface area contributed by atoms with Gasteiger partial charge in [-0.15, -0.1) is 0 Å². The Kier molecular flexibility index (Phi) is 8.98. The molecule has 3 aromatic rings. The number of alkyl halides is 3. The minimum Gasteiger partial charge on any atom is -0.478 e. The van der Waals surface area contributed by atoms with Crippen LogP contribution < -0.4 is 10.2 Å². The summed E-state index contributed by atoms with van der Waals surface area (Å²) in [6.07, 6.45) is -2.43. The third-order valence-electron chi connectivity index (χ3n) is 7.62. The first kappa shape index (κ1) is 31.7. The summed E-state index contributed by atoms with van der Waals surface area (Å²) in [5, 5.41) is 12.7. The highest BCUT2D eigenvalue weighted by atomic mass is 19.4. The number of nitrogens with zero attached hydrogens (tertiary/aromatic N) is 5. The Bertz CT molecular complexity index is 1480. The van der Waals surface area contributed by atoms with Gasteiger partial charge in [0.15, 0.2) is 0 Å². The average molecular weight is 599 g/mol. The Labute approximate surface area is 249 Å². The molecular formula is C31H37F3N6O3. The molecule has 1 aromatic carbocycles. The second-order valence-corrected chi connectivity index (χ2v) is 11.8. The van der Waals surface area contributed by atoms with Crippen LogP contribution in [0.2, 0.25) is 0 Å². The van der Waals surface area contributed by atoms with Crippen LogP contribution in [0.3, 0.4) is 0 Å². The molecule has 0 radical (unpaired) electrons. The number of pyridine rings is 1. The molecule has 230 valence electrons. The molecule has 3 heterocycles. The number of anilines is 2. The fourth-order valence-electron chi connectivity index (χ4n) is 5.39. The van der Waals surface area contributed by atoms with Gasteiger partial charge in [-0.1, -0.05) is 26.0 Å². The number of aromatic nitrogens is 3. The molecule has 2 N–H and O–H groups in total. The summed E-state index contributed by atoms with van der Waals surface area (Å²) in [6.45, 7) is 13.1. The third-order valence-corrected chi connectivity index (χ3v) is 7.62. The lowest BCUT2D eigenvalue weighted by Gasteiger charge is -2.47. The van der Waals surface area contributed by atoms with Crippen molar-refractivity contribution < 1.29 is 27.9 Å². The second-order valence-electron chi connectivity index (χ2n) is 11.8. The molecular weight excluding hydrogens is 561 g/mol. The zero-order chi connectivity index (χ0) is 31.7. The van der Waals surface area contributed by atoms with Crippen LogP contribution in [0, 0.1) is 13.8 Å². The van der Waals surface area contributed by atoms with Crippen molar-refractivity contribution in [2.45, 2.75) is 65.6 Å². The van der Waals surface area contributed by atoms with Crippen molar-refractivity contribution in [1.29, 1.82) is 0 Å². The number of benzene rings is 1. The number of rotatable bonds is 8. The predicted octanol–water partition coefficient (Wildman–Crippen LogP) is 5.72. The molecule has 1 saturated heterocycles. The first-order chi connectivity index (χ1) is 20.1. The number of nitrogens with one attached hydrogen (secondary N) is 1. The normalized spacial score (nSPS) is 15.1. The van der Waals surface area contributed by atoms with Gasteiger partial charge in [-0.2, -0.15) is 13.2 Å². The Morgan fingerprint density at radius 1 is 1.09 bits per heavy atom. The SMILES string of the molecule is Cc1cc(N2CCN(C(=O)c3cnc(NCCc4ccc(C(F)(F)F)cc4)c(C(C)C)n3)C(C)(C)C2)nc(C)c1C(=O)O. The van der Waals surface area contributed by atoms with Gasteiger partial charge in [0.1, 0.15) is 17.3 Å². The molecule has 1 aliphatic rings. The van der Waals surface area contributed by atoms with Crippen molar-refractivity contribution in [3.05, 3.63) is 75.9 Å². The molecule has 1 amide bonds. The van der Waals surface area contributed by atoms with Crippen LogP contribution in [-0.4, -0.2) is 68.6 Å². The summed E-state index contributed by atoms with van der Waals surface area (Å²) in [5.41, 5.74) is 1.64. The van der Waals surface area contributed by atoms with Crippen LogP contribution in [-0.2, 0) is 12.6 Å². The Balaban J connectivity index is 1.45. The molecule has 0 atom stereocenters. The van der Waals surface area contributed by atoms with E-state index < -0.39 is 23.2 Å². The summed E-state index contributed by atoms with van der Waals surface area (Å²) in [4.78, 5) is 42.8. The first-order valence-electron chi connectivity index (χ1n) is 14.1. The van der Waals surface area contributed by atoms with Crippen molar-refractivity contribution in [2.75, 3.05) is 36.4 Å². The number of amides is 1. The van der Waals surface area contributed by atoms with Crippen molar-refractivity contribution in [1.82, 2.24) is 19.9 Å². The summed E-state index contributed by atoms with van der Waals surface area (Å²) in [7, 11) is 0. The molecule has 9 nitrogen and oxygen atoms in total. The molecule has 1 aliphatic heterocycles. The molecule has 0 spiro atoms. The van der Waals surface area contributed by atoms with Gasteiger partial charge in [0.2, 0.25) is 0 Å². The number of carboxylic acid groups (broad SMARTS) is 1. The number of carboxylic acids is 1. The van der Waals surface area contributed by atoms with Gasteiger partial charge < -0.3 is 20.2 Å². The summed E-state index contributed by atoms with van der Waals surface area (Å²) in [5.74, 6) is -0.0770. The largest absolute Gasteiger partial charge is 0.478 e. The van der Waals surface area contributed by atoms with E-state index >= 15 is 0 Å². The smallest absolute Gasteiger partial charge is 0.416 e. The highest BCUT2D eigenvalue weighted by Crippen LogP contribution is 2.30. The highest BCUT2D eigenvalue weighted by Gasteiger charge is 2.38. The van der Waals surface area contributed by atoms with E-state index in [4.69, 9.17) is 0 Å². The van der Waals surface area contributed by atoms with Gasteiger partial charge in [0, 0.05) is 26.2 Å². The van der Waals surface area contributed by atoms with E-state index in [9.17, 15) is 27.9 Å². The molecule has 12 heteroatoms. The zero-order valence-corrected chi connectivity index (χ0v) is 25.2. The number of carbonyl (C=O) groups is 2. The standard InChI is InChI=1S/C31H37F3N6O3/c1-18(2)26-27(35-12-11-21-7-9-22(10-8-21)31(32,33)34)36-16-23(38-26)28(41)40-14-13-39(17-30(40,5)6)24-15-19(3)25(29(42)43)20(4)37-24/h7-10,15-16,18H,11-14,17H2,1-6H3,(H,35,36)(H,42,43). The summed E-state index contributed by atoms with van der Waals surface area (Å²) < 4.78 is 38.5. The Hall–Kier alpha value is -4.22.